The van der Waals surface area contributed by atoms with Crippen molar-refractivity contribution in [2.75, 3.05) is 6.54 Å². The molecular formula is C3H2INOS2. The number of hydrogen-bond donors (Lipinski definition) is 0. The molecule has 1 saturated heterocycles. The fourth-order valence-corrected chi connectivity index (χ4v) is 2.09. The van der Waals surface area contributed by atoms with Gasteiger partial charge < -0.3 is 0 Å². The van der Waals surface area contributed by atoms with E-state index in [2.05, 4.69) is 0 Å². The van der Waals surface area contributed by atoms with Crippen LogP contribution in [0.2, 0.25) is 0 Å². The van der Waals surface area contributed by atoms with Crippen LogP contribution in [0.25, 0.3) is 0 Å². The molecule has 0 radical (unpaired) electrons. The smallest absolute Gasteiger partial charge is 0.216 e. The summed E-state index contributed by atoms with van der Waals surface area (Å²) < 4.78 is 2.41. The Morgan fingerprint density at radius 2 is 2.50 bits per heavy atom. The molecule has 0 aromatic heterocycles. The van der Waals surface area contributed by atoms with Crippen molar-refractivity contribution < 1.29 is 4.79 Å². The molecule has 0 bridgehead atoms. The third-order valence-electron chi connectivity index (χ3n) is 0.667. The maximum atomic E-state index is 10.5. The average molecular weight is 259 g/mol. The van der Waals surface area contributed by atoms with Gasteiger partial charge in [-0.3, -0.25) is 7.91 Å². The Morgan fingerprint density at radius 1 is 1.88 bits per heavy atom. The monoisotopic (exact) mass is 259 g/mol. The van der Waals surface area contributed by atoms with E-state index < -0.39 is 0 Å². The van der Waals surface area contributed by atoms with E-state index in [-0.39, 0.29) is 5.12 Å². The molecule has 0 atom stereocenters. The fraction of sp³-hybridized carbons (Fsp3) is 0.333. The molecule has 8 heavy (non-hydrogen) atoms. The molecule has 5 heteroatoms. The lowest BCUT2D eigenvalue weighted by Gasteiger charge is -1.99. The molecule has 1 heterocycles. The minimum Gasteiger partial charge on any atom is -0.291 e. The van der Waals surface area contributed by atoms with Gasteiger partial charge in [0.15, 0.2) is 4.32 Å². The second kappa shape index (κ2) is 2.49. The van der Waals surface area contributed by atoms with Gasteiger partial charge in [-0.1, -0.05) is 12.2 Å². The van der Waals surface area contributed by atoms with Gasteiger partial charge in [-0.2, -0.15) is 0 Å². The second-order valence-electron chi connectivity index (χ2n) is 1.26. The highest BCUT2D eigenvalue weighted by atomic mass is 127. The summed E-state index contributed by atoms with van der Waals surface area (Å²) in [6.45, 7) is 0.462. The van der Waals surface area contributed by atoms with Crippen LogP contribution in [0.5, 0.6) is 0 Å². The summed E-state index contributed by atoms with van der Waals surface area (Å²) in [5, 5.41) is 0.143. The highest BCUT2D eigenvalue weighted by Crippen LogP contribution is 2.22. The number of thioether (sulfide) groups is 1. The number of carbonyl (C=O) groups is 1. The normalized spacial score (nSPS) is 20.4. The van der Waals surface area contributed by atoms with Gasteiger partial charge in [-0.05, 0) is 11.8 Å². The largest absolute Gasteiger partial charge is 0.291 e. The topological polar surface area (TPSA) is 20.3 Å². The van der Waals surface area contributed by atoms with Crippen molar-refractivity contribution in [3.8, 4) is 0 Å². The summed E-state index contributed by atoms with van der Waals surface area (Å²) in [7, 11) is 0. The Kier molecular flexibility index (Phi) is 2.10. The van der Waals surface area contributed by atoms with Gasteiger partial charge in [0.25, 0.3) is 0 Å². The van der Waals surface area contributed by atoms with E-state index in [0.29, 0.717) is 10.9 Å². The Balaban J connectivity index is 2.64. The Labute approximate surface area is 70.5 Å². The maximum absolute atomic E-state index is 10.5. The van der Waals surface area contributed by atoms with Crippen molar-refractivity contribution in [3.63, 3.8) is 0 Å². The minimum absolute atomic E-state index is 0.143. The van der Waals surface area contributed by atoms with Crippen molar-refractivity contribution in [1.82, 2.24) is 3.11 Å². The minimum atomic E-state index is 0.143. The third-order valence-corrected chi connectivity index (χ3v) is 3.37. The molecule has 0 saturated carbocycles. The summed E-state index contributed by atoms with van der Waals surface area (Å²) in [6, 6.07) is 0. The first kappa shape index (κ1) is 6.76. The van der Waals surface area contributed by atoms with Crippen LogP contribution in [-0.2, 0) is 4.79 Å². The lowest BCUT2D eigenvalue weighted by atomic mass is 10.7. The Hall–Kier alpha value is 0.640. The van der Waals surface area contributed by atoms with Crippen LogP contribution in [-0.4, -0.2) is 19.1 Å². The highest BCUT2D eigenvalue weighted by molar-refractivity contribution is 14.1. The summed E-state index contributed by atoms with van der Waals surface area (Å²) in [5.41, 5.74) is 0. The number of nitrogens with zero attached hydrogens (tertiary/aromatic N) is 1. The van der Waals surface area contributed by atoms with Crippen molar-refractivity contribution in [2.24, 2.45) is 0 Å². The first-order valence-electron chi connectivity index (χ1n) is 1.88. The number of carbonyl (C=O) groups excluding carboxylic acids is 1. The molecule has 0 amide bonds. The average Bonchev–Trinajstić information content (AvgIpc) is 1.85. The quantitative estimate of drug-likeness (QED) is 0.370. The lowest BCUT2D eigenvalue weighted by molar-refractivity contribution is -0.110. The summed E-state index contributed by atoms with van der Waals surface area (Å²) in [6.07, 6.45) is 0. The van der Waals surface area contributed by atoms with Crippen LogP contribution in [0.15, 0.2) is 0 Å². The molecule has 1 fully saturated rings. The van der Waals surface area contributed by atoms with E-state index in [1.165, 1.54) is 0 Å². The number of hydrogen-bond acceptors (Lipinski definition) is 3. The first-order valence-corrected chi connectivity index (χ1v) is 4.07. The van der Waals surface area contributed by atoms with Crippen LogP contribution in [0.4, 0.5) is 0 Å². The summed E-state index contributed by atoms with van der Waals surface area (Å²) >= 11 is 7.94. The predicted octanol–water partition coefficient (Wildman–Crippen LogP) is 1.20. The number of rotatable bonds is 0. The predicted molar refractivity (Wildman–Crippen MR) is 45.9 cm³/mol. The maximum Gasteiger partial charge on any atom is 0.216 e. The standard InChI is InChI=1S/C3H2INOS2/c4-5-1-2(6)8-3(5)7/h1H2. The van der Waals surface area contributed by atoms with Crippen LogP contribution in [0.1, 0.15) is 0 Å². The Morgan fingerprint density at radius 3 is 2.62 bits per heavy atom. The zero-order valence-electron chi connectivity index (χ0n) is 3.76. The van der Waals surface area contributed by atoms with E-state index in [1.807, 2.05) is 22.9 Å². The number of thiocarbonyl (C=S) groups is 1. The Bertz CT molecular complexity index is 148. The molecule has 1 aliphatic rings. The van der Waals surface area contributed by atoms with Crippen LogP contribution < -0.4 is 0 Å². The first-order chi connectivity index (χ1) is 3.70. The molecule has 0 aromatic rings. The fourth-order valence-electron chi connectivity index (χ4n) is 0.357. The zero-order valence-corrected chi connectivity index (χ0v) is 7.55. The van der Waals surface area contributed by atoms with Crippen molar-refractivity contribution in [3.05, 3.63) is 0 Å². The number of halogens is 1. The molecule has 0 aromatic carbocycles. The van der Waals surface area contributed by atoms with Gasteiger partial charge in [-0.25, -0.2) is 0 Å². The van der Waals surface area contributed by atoms with E-state index in [0.717, 1.165) is 11.8 Å². The van der Waals surface area contributed by atoms with Crippen molar-refractivity contribution >= 4 is 56.3 Å². The van der Waals surface area contributed by atoms with Gasteiger partial charge in [0.2, 0.25) is 5.12 Å². The van der Waals surface area contributed by atoms with Gasteiger partial charge in [0, 0.05) is 0 Å². The van der Waals surface area contributed by atoms with Crippen molar-refractivity contribution in [2.45, 2.75) is 0 Å². The molecule has 1 rings (SSSR count). The zero-order chi connectivity index (χ0) is 6.15. The van der Waals surface area contributed by atoms with Gasteiger partial charge in [0.1, 0.15) is 0 Å². The third kappa shape index (κ3) is 1.32. The SMILES string of the molecule is O=C1CN(I)C(=S)S1. The van der Waals surface area contributed by atoms with Crippen LogP contribution in [0, 0.1) is 0 Å². The van der Waals surface area contributed by atoms with Gasteiger partial charge in [-0.15, -0.1) is 0 Å². The van der Waals surface area contributed by atoms with E-state index in [9.17, 15) is 4.79 Å². The van der Waals surface area contributed by atoms with Gasteiger partial charge >= 0.3 is 0 Å². The second-order valence-corrected chi connectivity index (χ2v) is 4.12. The molecule has 44 valence electrons. The summed E-state index contributed by atoms with van der Waals surface area (Å²) in [5.74, 6) is 0. The highest BCUT2D eigenvalue weighted by Gasteiger charge is 2.22. The molecule has 0 N–H and O–H groups in total. The molecular weight excluding hydrogens is 257 g/mol. The van der Waals surface area contributed by atoms with Crippen LogP contribution >= 0.6 is 46.8 Å². The molecule has 0 aliphatic carbocycles. The molecule has 0 unspecified atom stereocenters. The van der Waals surface area contributed by atoms with Crippen LogP contribution in [0.3, 0.4) is 0 Å². The van der Waals surface area contributed by atoms with Crippen molar-refractivity contribution in [1.29, 1.82) is 0 Å². The van der Waals surface area contributed by atoms with E-state index in [1.54, 1.807) is 3.11 Å². The molecule has 1 aliphatic heterocycles. The van der Waals surface area contributed by atoms with E-state index in [4.69, 9.17) is 12.2 Å². The molecule has 2 nitrogen and oxygen atoms in total. The molecule has 0 spiro atoms. The van der Waals surface area contributed by atoms with Gasteiger partial charge in [0.05, 0.1) is 29.4 Å². The lowest BCUT2D eigenvalue weighted by Crippen LogP contribution is -2.09. The summed E-state index contributed by atoms with van der Waals surface area (Å²) in [4.78, 5) is 10.5. The van der Waals surface area contributed by atoms with E-state index >= 15 is 0 Å².